The van der Waals surface area contributed by atoms with Crippen LogP contribution in [0.1, 0.15) is 43.4 Å². The van der Waals surface area contributed by atoms with Crippen LogP contribution in [-0.4, -0.2) is 0 Å². The Bertz CT molecular complexity index is 649. The minimum Gasteiger partial charge on any atom is -0.0804 e. The Hall–Kier alpha value is -1.82. The zero-order valence-electron chi connectivity index (χ0n) is 12.6. The maximum absolute atomic E-state index is 2.40. The number of allylic oxidation sites excluding steroid dienone is 8. The molecule has 0 N–H and O–H groups in total. The van der Waals surface area contributed by atoms with E-state index in [0.717, 1.165) is 12.8 Å². The summed E-state index contributed by atoms with van der Waals surface area (Å²) in [4.78, 5) is 0. The van der Waals surface area contributed by atoms with Crippen LogP contribution in [-0.2, 0) is 5.41 Å². The topological polar surface area (TPSA) is 0 Å². The molecule has 0 bridgehead atoms. The molecule has 0 saturated carbocycles. The van der Waals surface area contributed by atoms with E-state index >= 15 is 0 Å². The third-order valence-electron chi connectivity index (χ3n) is 4.65. The largest absolute Gasteiger partial charge is 0.0804 e. The van der Waals surface area contributed by atoms with Crippen LogP contribution in [0.25, 0.3) is 5.57 Å². The lowest BCUT2D eigenvalue weighted by molar-refractivity contribution is 0.613. The zero-order chi connectivity index (χ0) is 14.2. The van der Waals surface area contributed by atoms with Crippen LogP contribution in [0.15, 0.2) is 60.2 Å². The quantitative estimate of drug-likeness (QED) is 0.674. The molecular formula is C20H22. The zero-order valence-corrected chi connectivity index (χ0v) is 12.6. The van der Waals surface area contributed by atoms with Gasteiger partial charge in [-0.05, 0) is 42.0 Å². The molecule has 0 nitrogen and oxygen atoms in total. The van der Waals surface area contributed by atoms with Gasteiger partial charge in [0.15, 0.2) is 0 Å². The fourth-order valence-corrected chi connectivity index (χ4v) is 3.10. The lowest BCUT2D eigenvalue weighted by atomic mass is 9.76. The van der Waals surface area contributed by atoms with E-state index in [4.69, 9.17) is 0 Å². The summed E-state index contributed by atoms with van der Waals surface area (Å²) in [6.45, 7) is 6.88. The maximum Gasteiger partial charge on any atom is 0.0111 e. The van der Waals surface area contributed by atoms with Crippen molar-refractivity contribution in [2.75, 3.05) is 0 Å². The third-order valence-corrected chi connectivity index (χ3v) is 4.65. The minimum absolute atomic E-state index is 0.110. The number of aryl methyl sites for hydroxylation is 1. The first-order chi connectivity index (χ1) is 9.59. The van der Waals surface area contributed by atoms with Crippen LogP contribution in [0.2, 0.25) is 0 Å². The average molecular weight is 262 g/mol. The average Bonchev–Trinajstić information content (AvgIpc) is 3.12. The summed E-state index contributed by atoms with van der Waals surface area (Å²) < 4.78 is 0. The van der Waals surface area contributed by atoms with Gasteiger partial charge in [0.2, 0.25) is 0 Å². The van der Waals surface area contributed by atoms with Gasteiger partial charge in [-0.25, -0.2) is 0 Å². The van der Waals surface area contributed by atoms with E-state index in [-0.39, 0.29) is 5.41 Å². The third kappa shape index (κ3) is 2.20. The first-order valence-electron chi connectivity index (χ1n) is 7.42. The summed E-state index contributed by atoms with van der Waals surface area (Å²) in [6.07, 6.45) is 15.5. The standard InChI is InChI=1S/C20H22/c1-15-12-13-18(14-19(15)16-8-4-5-9-16)20(2,3)17-10-6-7-11-17/h4-8,10,12-14H,9,11H2,1-3H3. The van der Waals surface area contributed by atoms with Gasteiger partial charge in [-0.1, -0.05) is 74.1 Å². The predicted molar refractivity (Wildman–Crippen MR) is 87.8 cm³/mol. The minimum atomic E-state index is 0.110. The molecule has 0 atom stereocenters. The highest BCUT2D eigenvalue weighted by Crippen LogP contribution is 2.38. The van der Waals surface area contributed by atoms with Crippen LogP contribution in [0.5, 0.6) is 0 Å². The van der Waals surface area contributed by atoms with Crippen LogP contribution < -0.4 is 0 Å². The van der Waals surface area contributed by atoms with Crippen molar-refractivity contribution in [3.05, 3.63) is 76.9 Å². The molecule has 0 aliphatic heterocycles. The highest BCUT2D eigenvalue weighted by Gasteiger charge is 2.26. The van der Waals surface area contributed by atoms with Gasteiger partial charge < -0.3 is 0 Å². The second kappa shape index (κ2) is 4.94. The molecule has 20 heavy (non-hydrogen) atoms. The predicted octanol–water partition coefficient (Wildman–Crippen LogP) is 5.50. The SMILES string of the molecule is Cc1ccc(C(C)(C)C2=CC=CC2)cc1C1=CC=CC1. The molecule has 0 heterocycles. The Balaban J connectivity index is 2.00. The van der Waals surface area contributed by atoms with Gasteiger partial charge in [0, 0.05) is 5.41 Å². The van der Waals surface area contributed by atoms with Crippen molar-refractivity contribution in [2.45, 2.75) is 39.0 Å². The van der Waals surface area contributed by atoms with E-state index < -0.39 is 0 Å². The van der Waals surface area contributed by atoms with Crippen molar-refractivity contribution >= 4 is 5.57 Å². The van der Waals surface area contributed by atoms with Crippen LogP contribution in [0.3, 0.4) is 0 Å². The normalized spacial score (nSPS) is 17.6. The summed E-state index contributed by atoms with van der Waals surface area (Å²) in [7, 11) is 0. The van der Waals surface area contributed by atoms with Crippen LogP contribution >= 0.6 is 0 Å². The second-order valence-electron chi connectivity index (χ2n) is 6.30. The maximum atomic E-state index is 2.40. The van der Waals surface area contributed by atoms with E-state index in [1.807, 2.05) is 0 Å². The van der Waals surface area contributed by atoms with Gasteiger partial charge in [-0.2, -0.15) is 0 Å². The molecule has 0 amide bonds. The van der Waals surface area contributed by atoms with Crippen molar-refractivity contribution < 1.29 is 0 Å². The first-order valence-corrected chi connectivity index (χ1v) is 7.42. The van der Waals surface area contributed by atoms with E-state index in [9.17, 15) is 0 Å². The summed E-state index contributed by atoms with van der Waals surface area (Å²) in [6, 6.07) is 6.96. The Morgan fingerprint density at radius 1 is 0.950 bits per heavy atom. The molecule has 0 fully saturated rings. The first kappa shape index (κ1) is 13.2. The van der Waals surface area contributed by atoms with Crippen LogP contribution in [0.4, 0.5) is 0 Å². The van der Waals surface area contributed by atoms with Gasteiger partial charge in [0.1, 0.15) is 0 Å². The van der Waals surface area contributed by atoms with Crippen molar-refractivity contribution in [1.29, 1.82) is 0 Å². The molecule has 0 unspecified atom stereocenters. The van der Waals surface area contributed by atoms with E-state index in [1.165, 1.54) is 27.8 Å². The molecule has 2 aliphatic carbocycles. The highest BCUT2D eigenvalue weighted by atomic mass is 14.3. The lowest BCUT2D eigenvalue weighted by Gasteiger charge is -2.28. The van der Waals surface area contributed by atoms with E-state index in [2.05, 4.69) is 75.4 Å². The number of hydrogen-bond acceptors (Lipinski definition) is 0. The molecule has 2 aliphatic rings. The Kier molecular flexibility index (Phi) is 3.25. The molecule has 0 saturated heterocycles. The second-order valence-corrected chi connectivity index (χ2v) is 6.30. The van der Waals surface area contributed by atoms with Crippen molar-refractivity contribution in [3.8, 4) is 0 Å². The van der Waals surface area contributed by atoms with Crippen molar-refractivity contribution in [1.82, 2.24) is 0 Å². The number of hydrogen-bond donors (Lipinski definition) is 0. The summed E-state index contributed by atoms with van der Waals surface area (Å²) >= 11 is 0. The molecular weight excluding hydrogens is 240 g/mol. The number of benzene rings is 1. The van der Waals surface area contributed by atoms with E-state index in [0.29, 0.717) is 0 Å². The molecule has 0 aromatic heterocycles. The monoisotopic (exact) mass is 262 g/mol. The van der Waals surface area contributed by atoms with Crippen LogP contribution in [0, 0.1) is 6.92 Å². The molecule has 1 aromatic carbocycles. The van der Waals surface area contributed by atoms with Gasteiger partial charge >= 0.3 is 0 Å². The molecule has 0 radical (unpaired) electrons. The molecule has 3 rings (SSSR count). The Morgan fingerprint density at radius 2 is 1.70 bits per heavy atom. The van der Waals surface area contributed by atoms with Gasteiger partial charge in [-0.3, -0.25) is 0 Å². The fourth-order valence-electron chi connectivity index (χ4n) is 3.10. The summed E-state index contributed by atoms with van der Waals surface area (Å²) in [5.74, 6) is 0. The van der Waals surface area contributed by atoms with Gasteiger partial charge in [0.05, 0.1) is 0 Å². The van der Waals surface area contributed by atoms with E-state index in [1.54, 1.807) is 0 Å². The summed E-state index contributed by atoms with van der Waals surface area (Å²) in [5.41, 5.74) is 7.26. The molecule has 0 spiro atoms. The molecule has 1 aromatic rings. The fraction of sp³-hybridized carbons (Fsp3) is 0.300. The Labute approximate surface area is 122 Å². The highest BCUT2D eigenvalue weighted by molar-refractivity contribution is 5.73. The summed E-state index contributed by atoms with van der Waals surface area (Å²) in [5, 5.41) is 0. The molecule has 102 valence electrons. The Morgan fingerprint density at radius 3 is 2.35 bits per heavy atom. The lowest BCUT2D eigenvalue weighted by Crippen LogP contribution is -2.20. The number of rotatable bonds is 3. The molecule has 0 heteroatoms. The van der Waals surface area contributed by atoms with Crippen molar-refractivity contribution in [2.24, 2.45) is 0 Å². The van der Waals surface area contributed by atoms with Crippen molar-refractivity contribution in [3.63, 3.8) is 0 Å². The van der Waals surface area contributed by atoms with Gasteiger partial charge in [-0.15, -0.1) is 0 Å². The van der Waals surface area contributed by atoms with Gasteiger partial charge in [0.25, 0.3) is 0 Å². The smallest absolute Gasteiger partial charge is 0.0111 e.